The monoisotopic (exact) mass is 268 g/mol. The van der Waals surface area contributed by atoms with Crippen LogP contribution in [0.25, 0.3) is 5.76 Å². The van der Waals surface area contributed by atoms with Gasteiger partial charge in [-0.3, -0.25) is 0 Å². The quantitative estimate of drug-likeness (QED) is 0.628. The molecule has 1 heteroatoms. The summed E-state index contributed by atoms with van der Waals surface area (Å²) in [6.07, 6.45) is 12.2. The second-order valence-corrected chi connectivity index (χ2v) is 5.20. The lowest BCUT2D eigenvalue weighted by Gasteiger charge is -2.12. The summed E-state index contributed by atoms with van der Waals surface area (Å²) in [4.78, 5) is 0. The van der Waals surface area contributed by atoms with Gasteiger partial charge in [0, 0.05) is 12.0 Å². The van der Waals surface area contributed by atoms with Crippen molar-refractivity contribution in [1.82, 2.24) is 0 Å². The maximum Gasteiger partial charge on any atom is 0.134 e. The number of rotatable bonds is 6. The Morgan fingerprint density at radius 2 is 1.70 bits per heavy atom. The van der Waals surface area contributed by atoms with Crippen molar-refractivity contribution < 1.29 is 4.74 Å². The molecule has 106 valence electrons. The summed E-state index contributed by atoms with van der Waals surface area (Å²) < 4.78 is 6.15. The molecule has 0 unspecified atom stereocenters. The van der Waals surface area contributed by atoms with Crippen LogP contribution in [0, 0.1) is 0 Å². The third-order valence-electron chi connectivity index (χ3n) is 3.41. The molecule has 0 N–H and O–H groups in total. The average Bonchev–Trinajstić information content (AvgIpc) is 2.69. The van der Waals surface area contributed by atoms with Crippen molar-refractivity contribution in [2.75, 3.05) is 0 Å². The molecule has 1 aliphatic heterocycles. The summed E-state index contributed by atoms with van der Waals surface area (Å²) in [6, 6.07) is 10.3. The van der Waals surface area contributed by atoms with Gasteiger partial charge in [-0.15, -0.1) is 0 Å². The molecule has 1 aromatic rings. The van der Waals surface area contributed by atoms with Crippen LogP contribution in [0.3, 0.4) is 0 Å². The molecule has 0 radical (unpaired) electrons. The molecule has 0 fully saturated rings. The third kappa shape index (κ3) is 4.12. The van der Waals surface area contributed by atoms with Crippen LogP contribution in [0.2, 0.25) is 0 Å². The molecule has 0 aliphatic carbocycles. The Morgan fingerprint density at radius 1 is 0.900 bits per heavy atom. The van der Waals surface area contributed by atoms with E-state index in [0.717, 1.165) is 36.3 Å². The van der Waals surface area contributed by atoms with Gasteiger partial charge in [-0.2, -0.15) is 0 Å². The summed E-state index contributed by atoms with van der Waals surface area (Å²) in [5.41, 5.74) is 2.51. The van der Waals surface area contributed by atoms with E-state index in [9.17, 15) is 0 Å². The van der Waals surface area contributed by atoms with E-state index in [1.807, 2.05) is 6.07 Å². The Hall–Kier alpha value is -1.76. The Bertz CT molecular complexity index is 506. The fourth-order valence-electron chi connectivity index (χ4n) is 2.32. The molecule has 20 heavy (non-hydrogen) atoms. The highest BCUT2D eigenvalue weighted by Gasteiger charge is 2.10. The number of hydrogen-bond acceptors (Lipinski definition) is 1. The minimum absolute atomic E-state index is 0.957. The fourth-order valence-corrected chi connectivity index (χ4v) is 2.32. The lowest BCUT2D eigenvalue weighted by atomic mass is 10.1. The van der Waals surface area contributed by atoms with E-state index in [1.165, 1.54) is 18.4 Å². The maximum absolute atomic E-state index is 6.15. The minimum atomic E-state index is 0.957. The predicted octanol–water partition coefficient (Wildman–Crippen LogP) is 5.86. The molecule has 1 aromatic carbocycles. The standard InChI is InChI=1S/C19H24O/c1-3-5-12-18-15-16(9-4-2)13-14-19(20-18)17-10-7-6-8-11-17/h6-8,10-11,13-15H,3-5,9,12H2,1-2H3. The number of ether oxygens (including phenoxy) is 1. The molecule has 0 spiro atoms. The van der Waals surface area contributed by atoms with Gasteiger partial charge in [-0.25, -0.2) is 0 Å². The van der Waals surface area contributed by atoms with Crippen molar-refractivity contribution in [3.63, 3.8) is 0 Å². The number of benzene rings is 1. The van der Waals surface area contributed by atoms with E-state index in [-0.39, 0.29) is 0 Å². The summed E-state index contributed by atoms with van der Waals surface area (Å²) >= 11 is 0. The highest BCUT2D eigenvalue weighted by atomic mass is 16.5. The van der Waals surface area contributed by atoms with E-state index >= 15 is 0 Å². The zero-order valence-corrected chi connectivity index (χ0v) is 12.6. The van der Waals surface area contributed by atoms with Gasteiger partial charge in [0.2, 0.25) is 0 Å². The van der Waals surface area contributed by atoms with Gasteiger partial charge < -0.3 is 4.74 Å². The summed E-state index contributed by atoms with van der Waals surface area (Å²) in [6.45, 7) is 4.43. The highest BCUT2D eigenvalue weighted by Crippen LogP contribution is 2.27. The molecule has 0 bridgehead atoms. The van der Waals surface area contributed by atoms with Crippen LogP contribution in [-0.4, -0.2) is 0 Å². The van der Waals surface area contributed by atoms with Gasteiger partial charge in [-0.05, 0) is 30.6 Å². The number of unbranched alkanes of at least 4 members (excludes halogenated alkanes) is 1. The third-order valence-corrected chi connectivity index (χ3v) is 3.41. The first-order chi connectivity index (χ1) is 9.83. The van der Waals surface area contributed by atoms with Crippen LogP contribution >= 0.6 is 0 Å². The summed E-state index contributed by atoms with van der Waals surface area (Å²) in [7, 11) is 0. The van der Waals surface area contributed by atoms with Gasteiger partial charge >= 0.3 is 0 Å². The second-order valence-electron chi connectivity index (χ2n) is 5.20. The normalized spacial score (nSPS) is 14.8. The largest absolute Gasteiger partial charge is 0.461 e. The second kappa shape index (κ2) is 7.74. The van der Waals surface area contributed by atoms with Crippen LogP contribution in [-0.2, 0) is 4.74 Å². The summed E-state index contributed by atoms with van der Waals surface area (Å²) in [5.74, 6) is 2.05. The predicted molar refractivity (Wildman–Crippen MR) is 86.1 cm³/mol. The zero-order chi connectivity index (χ0) is 14.2. The van der Waals surface area contributed by atoms with Crippen LogP contribution in [0.15, 0.2) is 59.9 Å². The molecule has 0 amide bonds. The van der Waals surface area contributed by atoms with Gasteiger partial charge in [0.25, 0.3) is 0 Å². The minimum Gasteiger partial charge on any atom is -0.461 e. The van der Waals surface area contributed by atoms with E-state index in [0.29, 0.717) is 0 Å². The van der Waals surface area contributed by atoms with Crippen LogP contribution in [0.1, 0.15) is 51.5 Å². The number of hydrogen-bond donors (Lipinski definition) is 0. The SMILES string of the molecule is CCCCC1=CC(CCC)=CC=C(c2ccccc2)O1. The first kappa shape index (κ1) is 14.6. The number of allylic oxidation sites excluding steroid dienone is 5. The lowest BCUT2D eigenvalue weighted by Crippen LogP contribution is -1.93. The van der Waals surface area contributed by atoms with Crippen molar-refractivity contribution in [1.29, 1.82) is 0 Å². The van der Waals surface area contributed by atoms with Gasteiger partial charge in [0.1, 0.15) is 11.5 Å². The highest BCUT2D eigenvalue weighted by molar-refractivity contribution is 5.63. The van der Waals surface area contributed by atoms with E-state index < -0.39 is 0 Å². The lowest BCUT2D eigenvalue weighted by molar-refractivity contribution is 0.359. The van der Waals surface area contributed by atoms with Gasteiger partial charge in [0.15, 0.2) is 0 Å². The Balaban J connectivity index is 2.24. The van der Waals surface area contributed by atoms with E-state index in [2.05, 4.69) is 56.3 Å². The van der Waals surface area contributed by atoms with Crippen molar-refractivity contribution in [2.45, 2.75) is 46.0 Å². The van der Waals surface area contributed by atoms with Gasteiger partial charge in [0.05, 0.1) is 0 Å². The summed E-state index contributed by atoms with van der Waals surface area (Å²) in [5, 5.41) is 0. The molecule has 1 aliphatic rings. The topological polar surface area (TPSA) is 9.23 Å². The molecule has 0 atom stereocenters. The van der Waals surface area contributed by atoms with Crippen molar-refractivity contribution in [2.24, 2.45) is 0 Å². The Labute approximate surface area is 122 Å². The van der Waals surface area contributed by atoms with Crippen molar-refractivity contribution >= 4 is 5.76 Å². The smallest absolute Gasteiger partial charge is 0.134 e. The molecular weight excluding hydrogens is 244 g/mol. The molecule has 0 aromatic heterocycles. The first-order valence-corrected chi connectivity index (χ1v) is 7.68. The van der Waals surface area contributed by atoms with E-state index in [4.69, 9.17) is 4.74 Å². The zero-order valence-electron chi connectivity index (χ0n) is 12.6. The van der Waals surface area contributed by atoms with Gasteiger partial charge in [-0.1, -0.05) is 63.1 Å². The molecule has 2 rings (SSSR count). The molecule has 0 saturated carbocycles. The molecular formula is C19H24O. The van der Waals surface area contributed by atoms with Crippen LogP contribution in [0.5, 0.6) is 0 Å². The average molecular weight is 268 g/mol. The van der Waals surface area contributed by atoms with Crippen LogP contribution < -0.4 is 0 Å². The van der Waals surface area contributed by atoms with Crippen molar-refractivity contribution in [3.05, 3.63) is 65.5 Å². The van der Waals surface area contributed by atoms with Crippen LogP contribution in [0.4, 0.5) is 0 Å². The molecule has 0 saturated heterocycles. The van der Waals surface area contributed by atoms with E-state index in [1.54, 1.807) is 0 Å². The van der Waals surface area contributed by atoms with Crippen molar-refractivity contribution in [3.8, 4) is 0 Å². The molecule has 1 nitrogen and oxygen atoms in total. The Kier molecular flexibility index (Phi) is 5.67. The first-order valence-electron chi connectivity index (χ1n) is 7.68. The fraction of sp³-hybridized carbons (Fsp3) is 0.368. The maximum atomic E-state index is 6.15. The molecule has 1 heterocycles. The Morgan fingerprint density at radius 3 is 2.40 bits per heavy atom.